The Bertz CT molecular complexity index is 559. The molecule has 0 radical (unpaired) electrons. The Hall–Kier alpha value is -1.82. The van der Waals surface area contributed by atoms with Gasteiger partial charge in [0.2, 0.25) is 0 Å². The van der Waals surface area contributed by atoms with Crippen LogP contribution in [0.1, 0.15) is 36.6 Å². The lowest BCUT2D eigenvalue weighted by Crippen LogP contribution is -2.48. The van der Waals surface area contributed by atoms with E-state index >= 15 is 0 Å². The van der Waals surface area contributed by atoms with Crippen molar-refractivity contribution < 1.29 is 9.94 Å². The summed E-state index contributed by atoms with van der Waals surface area (Å²) in [7, 11) is 1.74. The molecule has 2 heterocycles. The van der Waals surface area contributed by atoms with Crippen molar-refractivity contribution in [2.75, 3.05) is 25.1 Å². The number of nitrogens with zero attached hydrogens (tertiary/aromatic N) is 3. The first-order valence-electron chi connectivity index (χ1n) is 7.16. The normalized spacial score (nSPS) is 23.4. The topological polar surface area (TPSA) is 84.0 Å². The molecule has 0 spiro atoms. The van der Waals surface area contributed by atoms with E-state index in [1.165, 1.54) is 0 Å². The van der Waals surface area contributed by atoms with Crippen molar-refractivity contribution in [1.82, 2.24) is 4.98 Å². The average molecular weight is 292 g/mol. The molecule has 1 atom stereocenters. The van der Waals surface area contributed by atoms with Gasteiger partial charge in [0.1, 0.15) is 5.82 Å². The van der Waals surface area contributed by atoms with Crippen LogP contribution in [0.2, 0.25) is 0 Å². The zero-order valence-electron chi connectivity index (χ0n) is 13.2. The number of anilines is 1. The van der Waals surface area contributed by atoms with Gasteiger partial charge in [0.25, 0.3) is 0 Å². The lowest BCUT2D eigenvalue weighted by Gasteiger charge is -2.40. The van der Waals surface area contributed by atoms with Crippen molar-refractivity contribution in [3.8, 4) is 0 Å². The highest BCUT2D eigenvalue weighted by Gasteiger charge is 2.33. The Labute approximate surface area is 125 Å². The lowest BCUT2D eigenvalue weighted by atomic mass is 9.94. The van der Waals surface area contributed by atoms with Gasteiger partial charge in [-0.2, -0.15) is 0 Å². The van der Waals surface area contributed by atoms with Crippen LogP contribution in [-0.2, 0) is 4.74 Å². The van der Waals surface area contributed by atoms with Crippen LogP contribution in [0.15, 0.2) is 11.2 Å². The van der Waals surface area contributed by atoms with Gasteiger partial charge in [-0.15, -0.1) is 0 Å². The number of hydrogen-bond donors (Lipinski definition) is 2. The Morgan fingerprint density at radius 3 is 2.86 bits per heavy atom. The summed E-state index contributed by atoms with van der Waals surface area (Å²) in [6.07, 6.45) is 2.04. The summed E-state index contributed by atoms with van der Waals surface area (Å²) in [4.78, 5) is 6.79. The van der Waals surface area contributed by atoms with E-state index in [2.05, 4.69) is 22.0 Å². The molecule has 1 aliphatic rings. The van der Waals surface area contributed by atoms with E-state index in [9.17, 15) is 0 Å². The first kappa shape index (κ1) is 15.6. The minimum absolute atomic E-state index is 0.0969. The van der Waals surface area contributed by atoms with Crippen LogP contribution in [0.5, 0.6) is 0 Å². The Balaban J connectivity index is 2.47. The summed E-state index contributed by atoms with van der Waals surface area (Å²) in [5.41, 5.74) is 8.23. The van der Waals surface area contributed by atoms with E-state index in [1.54, 1.807) is 7.11 Å². The van der Waals surface area contributed by atoms with Crippen LogP contribution in [0.4, 0.5) is 5.82 Å². The lowest BCUT2D eigenvalue weighted by molar-refractivity contribution is -0.00482. The molecule has 1 saturated heterocycles. The molecule has 21 heavy (non-hydrogen) atoms. The fourth-order valence-electron chi connectivity index (χ4n) is 2.97. The van der Waals surface area contributed by atoms with Crippen LogP contribution < -0.4 is 10.6 Å². The van der Waals surface area contributed by atoms with Gasteiger partial charge in [0.15, 0.2) is 5.84 Å². The van der Waals surface area contributed by atoms with Crippen LogP contribution in [0.25, 0.3) is 0 Å². The smallest absolute Gasteiger partial charge is 0.174 e. The van der Waals surface area contributed by atoms with Crippen molar-refractivity contribution in [3.05, 3.63) is 22.9 Å². The maximum Gasteiger partial charge on any atom is 0.174 e. The summed E-state index contributed by atoms with van der Waals surface area (Å²) in [5, 5.41) is 12.2. The molecule has 1 aromatic rings. The van der Waals surface area contributed by atoms with E-state index < -0.39 is 0 Å². The van der Waals surface area contributed by atoms with Crippen molar-refractivity contribution in [1.29, 1.82) is 0 Å². The predicted molar refractivity (Wildman–Crippen MR) is 83.1 cm³/mol. The first-order chi connectivity index (χ1) is 9.90. The molecule has 2 rings (SSSR count). The van der Waals surface area contributed by atoms with E-state index in [-0.39, 0.29) is 11.4 Å². The summed E-state index contributed by atoms with van der Waals surface area (Å²) in [5.74, 6) is 0.866. The molecule has 0 aliphatic carbocycles. The van der Waals surface area contributed by atoms with Gasteiger partial charge in [-0.05, 0) is 45.2 Å². The zero-order valence-corrected chi connectivity index (χ0v) is 13.2. The molecule has 0 bridgehead atoms. The quantitative estimate of drug-likeness (QED) is 0.384. The largest absolute Gasteiger partial charge is 0.409 e. The van der Waals surface area contributed by atoms with Crippen molar-refractivity contribution in [3.63, 3.8) is 0 Å². The molecule has 0 amide bonds. The minimum atomic E-state index is -0.194. The molecular weight excluding hydrogens is 268 g/mol. The first-order valence-corrected chi connectivity index (χ1v) is 7.16. The number of ether oxygens (including phenoxy) is 1. The van der Waals surface area contributed by atoms with Gasteiger partial charge in [-0.25, -0.2) is 4.98 Å². The Morgan fingerprint density at radius 1 is 1.52 bits per heavy atom. The average Bonchev–Trinajstić information content (AvgIpc) is 2.46. The number of methoxy groups -OCH3 is 1. The SMILES string of the molecule is COC1(C)CCCN(c2nc(C)cc(C)c2/C(N)=N/O)C1. The maximum atomic E-state index is 9.05. The molecular formula is C15H24N4O2. The molecule has 0 saturated carbocycles. The van der Waals surface area contributed by atoms with Crippen molar-refractivity contribution in [2.45, 2.75) is 39.2 Å². The van der Waals surface area contributed by atoms with Crippen LogP contribution in [0, 0.1) is 13.8 Å². The number of oxime groups is 1. The van der Waals surface area contributed by atoms with Gasteiger partial charge in [-0.3, -0.25) is 0 Å². The third-order valence-electron chi connectivity index (χ3n) is 4.14. The fraction of sp³-hybridized carbons (Fsp3) is 0.600. The zero-order chi connectivity index (χ0) is 15.6. The second-order valence-corrected chi connectivity index (χ2v) is 5.94. The van der Waals surface area contributed by atoms with E-state index in [0.29, 0.717) is 5.56 Å². The van der Waals surface area contributed by atoms with E-state index in [4.69, 9.17) is 15.7 Å². The summed E-state index contributed by atoms with van der Waals surface area (Å²) in [6, 6.07) is 1.94. The molecule has 1 unspecified atom stereocenters. The van der Waals surface area contributed by atoms with Crippen molar-refractivity contribution in [2.24, 2.45) is 10.9 Å². The maximum absolute atomic E-state index is 9.05. The number of amidine groups is 1. The van der Waals surface area contributed by atoms with Crippen LogP contribution in [0.3, 0.4) is 0 Å². The van der Waals surface area contributed by atoms with Crippen LogP contribution >= 0.6 is 0 Å². The van der Waals surface area contributed by atoms with Crippen molar-refractivity contribution >= 4 is 11.7 Å². The highest BCUT2D eigenvalue weighted by Crippen LogP contribution is 2.30. The molecule has 1 aromatic heterocycles. The van der Waals surface area contributed by atoms with E-state index in [0.717, 1.165) is 43.0 Å². The molecule has 0 aromatic carbocycles. The number of hydrogen-bond acceptors (Lipinski definition) is 5. The third-order valence-corrected chi connectivity index (χ3v) is 4.14. The number of pyridine rings is 1. The second kappa shape index (κ2) is 5.89. The number of piperidine rings is 1. The summed E-state index contributed by atoms with van der Waals surface area (Å²) in [6.45, 7) is 7.63. The number of rotatable bonds is 3. The highest BCUT2D eigenvalue weighted by molar-refractivity contribution is 6.02. The number of aromatic nitrogens is 1. The van der Waals surface area contributed by atoms with Gasteiger partial charge >= 0.3 is 0 Å². The van der Waals surface area contributed by atoms with Gasteiger partial charge in [0.05, 0.1) is 11.2 Å². The molecule has 6 heteroatoms. The fourth-order valence-corrected chi connectivity index (χ4v) is 2.97. The molecule has 3 N–H and O–H groups in total. The number of aryl methyl sites for hydroxylation is 2. The molecule has 116 valence electrons. The summed E-state index contributed by atoms with van der Waals surface area (Å²) < 4.78 is 5.64. The molecule has 1 fully saturated rings. The van der Waals surface area contributed by atoms with Gasteiger partial charge < -0.3 is 20.6 Å². The van der Waals surface area contributed by atoms with E-state index in [1.807, 2.05) is 19.9 Å². The standard InChI is InChI=1S/C15H24N4O2/c1-10-8-11(2)17-14(12(10)13(16)18-20)19-7-5-6-15(3,9-19)21-4/h8,20H,5-7,9H2,1-4H3,(H2,16,18). The third kappa shape index (κ3) is 3.10. The second-order valence-electron chi connectivity index (χ2n) is 5.94. The Kier molecular flexibility index (Phi) is 4.37. The summed E-state index contributed by atoms with van der Waals surface area (Å²) >= 11 is 0. The Morgan fingerprint density at radius 2 is 2.24 bits per heavy atom. The minimum Gasteiger partial charge on any atom is -0.409 e. The molecule has 6 nitrogen and oxygen atoms in total. The molecule has 1 aliphatic heterocycles. The van der Waals surface area contributed by atoms with Gasteiger partial charge in [-0.1, -0.05) is 5.16 Å². The number of nitrogens with two attached hydrogens (primary N) is 1. The highest BCUT2D eigenvalue weighted by atomic mass is 16.5. The monoisotopic (exact) mass is 292 g/mol. The van der Waals surface area contributed by atoms with Crippen LogP contribution in [-0.4, -0.2) is 41.8 Å². The van der Waals surface area contributed by atoms with Gasteiger partial charge in [0, 0.05) is 25.9 Å². The predicted octanol–water partition coefficient (Wildman–Crippen LogP) is 1.80.